The Bertz CT molecular complexity index is 882. The van der Waals surface area contributed by atoms with Crippen LogP contribution in [0.25, 0.3) is 0 Å². The number of aromatic nitrogens is 3. The summed E-state index contributed by atoms with van der Waals surface area (Å²) in [4.78, 5) is 31.1. The van der Waals surface area contributed by atoms with Crippen molar-refractivity contribution in [3.8, 4) is 0 Å². The molecule has 0 saturated carbocycles. The number of halogens is 2. The van der Waals surface area contributed by atoms with Crippen LogP contribution in [0.15, 0.2) is 23.4 Å². The molecule has 0 spiro atoms. The molecule has 0 aliphatic carbocycles. The Morgan fingerprint density at radius 1 is 0.903 bits per heavy atom. The predicted octanol–water partition coefficient (Wildman–Crippen LogP) is 4.89. The third-order valence-electron chi connectivity index (χ3n) is 5.41. The fraction of sp³-hybridized carbons (Fsp3) is 0.524. The molecule has 0 bridgehead atoms. The van der Waals surface area contributed by atoms with E-state index in [9.17, 15) is 4.79 Å². The van der Waals surface area contributed by atoms with Gasteiger partial charge in [-0.15, -0.1) is 0 Å². The molecule has 166 valence electrons. The highest BCUT2D eigenvalue weighted by atomic mass is 35.5. The van der Waals surface area contributed by atoms with Crippen molar-refractivity contribution < 1.29 is 4.79 Å². The van der Waals surface area contributed by atoms with Gasteiger partial charge in [0.1, 0.15) is 0 Å². The number of hydrogen-bond acceptors (Lipinski definition) is 7. The highest BCUT2D eigenvalue weighted by Gasteiger charge is 2.21. The Labute approximate surface area is 196 Å². The van der Waals surface area contributed by atoms with E-state index in [0.717, 1.165) is 63.8 Å². The number of anilines is 3. The Hall–Kier alpha value is -1.77. The van der Waals surface area contributed by atoms with Gasteiger partial charge in [-0.2, -0.15) is 15.0 Å². The first-order valence-electron chi connectivity index (χ1n) is 10.7. The maximum absolute atomic E-state index is 12.5. The molecule has 1 amide bonds. The number of nitrogens with zero attached hydrogens (tertiary/aromatic N) is 5. The summed E-state index contributed by atoms with van der Waals surface area (Å²) >= 11 is 13.4. The molecule has 0 radical (unpaired) electrons. The molecule has 1 aromatic carbocycles. The number of hydrogen-bond donors (Lipinski definition) is 1. The average Bonchev–Trinajstić information content (AvgIpc) is 2.80. The number of carbonyl (C=O) groups is 1. The molecule has 2 fully saturated rings. The van der Waals surface area contributed by atoms with Gasteiger partial charge in [-0.3, -0.25) is 4.79 Å². The van der Waals surface area contributed by atoms with Crippen molar-refractivity contribution >= 4 is 58.5 Å². The summed E-state index contributed by atoms with van der Waals surface area (Å²) in [6.45, 7) is 3.85. The van der Waals surface area contributed by atoms with Crippen molar-refractivity contribution in [2.75, 3.05) is 47.0 Å². The number of benzene rings is 1. The molecule has 2 aliphatic rings. The molecule has 31 heavy (non-hydrogen) atoms. The van der Waals surface area contributed by atoms with Gasteiger partial charge >= 0.3 is 0 Å². The summed E-state index contributed by atoms with van der Waals surface area (Å²) in [7, 11) is 0. The summed E-state index contributed by atoms with van der Waals surface area (Å²) < 4.78 is 0. The third-order valence-corrected chi connectivity index (χ3v) is 6.80. The van der Waals surface area contributed by atoms with Gasteiger partial charge in [-0.25, -0.2) is 0 Å². The van der Waals surface area contributed by atoms with E-state index < -0.39 is 0 Å². The van der Waals surface area contributed by atoms with Crippen LogP contribution in [0.4, 0.5) is 17.6 Å². The Morgan fingerprint density at radius 3 is 2.03 bits per heavy atom. The molecule has 1 aromatic heterocycles. The monoisotopic (exact) mass is 480 g/mol. The number of nitrogens with one attached hydrogen (secondary N) is 1. The highest BCUT2D eigenvalue weighted by molar-refractivity contribution is 7.99. The van der Waals surface area contributed by atoms with E-state index in [-0.39, 0.29) is 11.7 Å². The lowest BCUT2D eigenvalue weighted by atomic mass is 10.1. The van der Waals surface area contributed by atoms with Crippen LogP contribution in [0.1, 0.15) is 38.5 Å². The summed E-state index contributed by atoms with van der Waals surface area (Å²) in [5, 5.41) is 4.33. The molecular weight excluding hydrogens is 455 g/mol. The molecule has 10 heteroatoms. The number of piperidine rings is 2. The second kappa shape index (κ2) is 10.7. The molecular formula is C21H26Cl2N6OS. The van der Waals surface area contributed by atoms with Crippen molar-refractivity contribution in [2.24, 2.45) is 0 Å². The van der Waals surface area contributed by atoms with Gasteiger partial charge < -0.3 is 15.1 Å². The van der Waals surface area contributed by atoms with Gasteiger partial charge in [0.05, 0.1) is 16.5 Å². The van der Waals surface area contributed by atoms with E-state index in [1.54, 1.807) is 18.2 Å². The van der Waals surface area contributed by atoms with E-state index in [4.69, 9.17) is 28.2 Å². The van der Waals surface area contributed by atoms with Crippen LogP contribution in [-0.4, -0.2) is 52.8 Å². The fourth-order valence-corrected chi connectivity index (χ4v) is 4.86. The van der Waals surface area contributed by atoms with E-state index in [0.29, 0.717) is 20.9 Å². The topological polar surface area (TPSA) is 74.2 Å². The lowest BCUT2D eigenvalue weighted by Crippen LogP contribution is -2.34. The van der Waals surface area contributed by atoms with Crippen LogP contribution in [-0.2, 0) is 4.79 Å². The van der Waals surface area contributed by atoms with Crippen molar-refractivity contribution in [3.05, 3.63) is 28.2 Å². The Morgan fingerprint density at radius 2 is 1.48 bits per heavy atom. The van der Waals surface area contributed by atoms with Crippen molar-refractivity contribution in [2.45, 2.75) is 43.7 Å². The first-order chi connectivity index (χ1) is 15.1. The molecule has 1 N–H and O–H groups in total. The van der Waals surface area contributed by atoms with Crippen LogP contribution in [0.5, 0.6) is 0 Å². The van der Waals surface area contributed by atoms with Crippen LogP contribution >= 0.6 is 35.0 Å². The smallest absolute Gasteiger partial charge is 0.234 e. The second-order valence-corrected chi connectivity index (χ2v) is 9.56. The number of carbonyl (C=O) groups excluding carboxylic acids is 1. The highest BCUT2D eigenvalue weighted by Crippen LogP contribution is 2.27. The average molecular weight is 481 g/mol. The zero-order valence-corrected chi connectivity index (χ0v) is 19.6. The fourth-order valence-electron chi connectivity index (χ4n) is 3.78. The molecule has 0 atom stereocenters. The minimum Gasteiger partial charge on any atom is -0.341 e. The minimum atomic E-state index is -0.173. The van der Waals surface area contributed by atoms with E-state index >= 15 is 0 Å². The molecule has 2 aliphatic heterocycles. The normalized spacial score (nSPS) is 17.0. The van der Waals surface area contributed by atoms with Crippen LogP contribution in [0.2, 0.25) is 10.0 Å². The van der Waals surface area contributed by atoms with Crippen LogP contribution < -0.4 is 15.1 Å². The predicted molar refractivity (Wildman–Crippen MR) is 128 cm³/mol. The summed E-state index contributed by atoms with van der Waals surface area (Å²) in [6.07, 6.45) is 7.09. The SMILES string of the molecule is O=C(CSc1nc(N2CCCCC2)nc(N2CCCCC2)n1)Nc1ccc(Cl)cc1Cl. The number of amides is 1. The first-order valence-corrected chi connectivity index (χ1v) is 12.5. The minimum absolute atomic E-state index is 0.173. The van der Waals surface area contributed by atoms with Crippen molar-refractivity contribution in [1.29, 1.82) is 0 Å². The zero-order chi connectivity index (χ0) is 21.6. The first kappa shape index (κ1) is 22.4. The third kappa shape index (κ3) is 6.14. The van der Waals surface area contributed by atoms with Crippen LogP contribution in [0.3, 0.4) is 0 Å². The summed E-state index contributed by atoms with van der Waals surface area (Å²) in [5.74, 6) is 1.45. The van der Waals surface area contributed by atoms with Crippen LogP contribution in [0, 0.1) is 0 Å². The molecule has 2 aromatic rings. The van der Waals surface area contributed by atoms with Gasteiger partial charge in [-0.05, 0) is 56.7 Å². The standard InChI is InChI=1S/C21H26Cl2N6OS/c22-15-7-8-17(16(23)13-15)24-18(30)14-31-21-26-19(28-9-3-1-4-10-28)25-20(27-21)29-11-5-2-6-12-29/h7-8,13H,1-6,9-12,14H2,(H,24,30). The summed E-state index contributed by atoms with van der Waals surface area (Å²) in [5.41, 5.74) is 0.537. The summed E-state index contributed by atoms with van der Waals surface area (Å²) in [6, 6.07) is 4.99. The van der Waals surface area contributed by atoms with Gasteiger partial charge in [0.25, 0.3) is 0 Å². The van der Waals surface area contributed by atoms with Gasteiger partial charge in [0.15, 0.2) is 5.16 Å². The maximum Gasteiger partial charge on any atom is 0.234 e. The van der Waals surface area contributed by atoms with Crippen molar-refractivity contribution in [3.63, 3.8) is 0 Å². The van der Waals surface area contributed by atoms with Gasteiger partial charge in [0.2, 0.25) is 17.8 Å². The van der Waals surface area contributed by atoms with Gasteiger partial charge in [-0.1, -0.05) is 35.0 Å². The molecule has 7 nitrogen and oxygen atoms in total. The quantitative estimate of drug-likeness (QED) is 0.589. The molecule has 4 rings (SSSR count). The lowest BCUT2D eigenvalue weighted by molar-refractivity contribution is -0.113. The molecule has 2 saturated heterocycles. The van der Waals surface area contributed by atoms with Crippen molar-refractivity contribution in [1.82, 2.24) is 15.0 Å². The zero-order valence-electron chi connectivity index (χ0n) is 17.3. The Balaban J connectivity index is 1.47. The Kier molecular flexibility index (Phi) is 7.74. The molecule has 0 unspecified atom stereocenters. The van der Waals surface area contributed by atoms with E-state index in [1.165, 1.54) is 24.6 Å². The lowest BCUT2D eigenvalue weighted by Gasteiger charge is -2.30. The second-order valence-electron chi connectivity index (χ2n) is 7.77. The molecule has 3 heterocycles. The largest absolute Gasteiger partial charge is 0.341 e. The van der Waals surface area contributed by atoms with Gasteiger partial charge in [0, 0.05) is 31.2 Å². The van der Waals surface area contributed by atoms with E-state index in [2.05, 4.69) is 25.1 Å². The van der Waals surface area contributed by atoms with E-state index in [1.807, 2.05) is 0 Å². The number of thioether (sulfide) groups is 1. The maximum atomic E-state index is 12.5. The number of rotatable bonds is 6.